The summed E-state index contributed by atoms with van der Waals surface area (Å²) < 4.78 is 43.5. The average molecular weight is 356 g/mol. The molecular weight excluding hydrogens is 337 g/mol. The highest BCUT2D eigenvalue weighted by atomic mass is 19.4. The van der Waals surface area contributed by atoms with Crippen LogP contribution in [0.4, 0.5) is 18.0 Å². The molecule has 0 aliphatic carbocycles. The first-order valence-electron chi connectivity index (χ1n) is 7.57. The Morgan fingerprint density at radius 3 is 2.16 bits per heavy atom. The van der Waals surface area contributed by atoms with Crippen molar-refractivity contribution >= 4 is 12.0 Å². The molecule has 0 aromatic heterocycles. The van der Waals surface area contributed by atoms with Gasteiger partial charge >= 0.3 is 18.2 Å². The normalized spacial score (nSPS) is 18.5. The van der Waals surface area contributed by atoms with E-state index >= 15 is 0 Å². The van der Waals surface area contributed by atoms with Crippen molar-refractivity contribution in [3.05, 3.63) is 46.7 Å². The number of rotatable bonds is 2. The molecule has 1 atom stereocenters. The van der Waals surface area contributed by atoms with Gasteiger partial charge < -0.3 is 15.4 Å². The molecule has 0 spiro atoms. The van der Waals surface area contributed by atoms with Crippen molar-refractivity contribution < 1.29 is 27.5 Å². The smallest absolute Gasteiger partial charge is 0.416 e. The maximum absolute atomic E-state index is 12.7. The number of hydrogen-bond acceptors (Lipinski definition) is 3. The third-order valence-corrected chi connectivity index (χ3v) is 3.46. The maximum atomic E-state index is 12.7. The van der Waals surface area contributed by atoms with E-state index in [-0.39, 0.29) is 5.57 Å². The molecule has 0 radical (unpaired) electrons. The van der Waals surface area contributed by atoms with Crippen molar-refractivity contribution in [2.24, 2.45) is 0 Å². The van der Waals surface area contributed by atoms with Gasteiger partial charge in [0, 0.05) is 5.70 Å². The van der Waals surface area contributed by atoms with Gasteiger partial charge in [0.2, 0.25) is 0 Å². The van der Waals surface area contributed by atoms with Gasteiger partial charge in [-0.15, -0.1) is 0 Å². The number of benzene rings is 1. The first-order valence-corrected chi connectivity index (χ1v) is 7.57. The Bertz CT molecular complexity index is 716. The van der Waals surface area contributed by atoms with Gasteiger partial charge in [-0.2, -0.15) is 13.2 Å². The van der Waals surface area contributed by atoms with E-state index in [9.17, 15) is 22.8 Å². The summed E-state index contributed by atoms with van der Waals surface area (Å²) in [5.41, 5.74) is -0.771. The molecule has 0 saturated carbocycles. The predicted molar refractivity (Wildman–Crippen MR) is 84.4 cm³/mol. The first-order chi connectivity index (χ1) is 11.4. The van der Waals surface area contributed by atoms with Crippen molar-refractivity contribution in [2.45, 2.75) is 45.5 Å². The number of carbonyl (C=O) groups excluding carboxylic acids is 2. The molecule has 1 heterocycles. The molecule has 0 bridgehead atoms. The van der Waals surface area contributed by atoms with E-state index in [0.717, 1.165) is 12.1 Å². The molecule has 2 rings (SSSR count). The highest BCUT2D eigenvalue weighted by molar-refractivity contribution is 5.95. The number of urea groups is 1. The number of carbonyl (C=O) groups is 2. The molecule has 0 fully saturated rings. The van der Waals surface area contributed by atoms with Crippen LogP contribution in [-0.2, 0) is 15.7 Å². The van der Waals surface area contributed by atoms with Crippen molar-refractivity contribution in [1.29, 1.82) is 0 Å². The van der Waals surface area contributed by atoms with Crippen molar-refractivity contribution in [1.82, 2.24) is 10.6 Å². The number of alkyl halides is 3. The van der Waals surface area contributed by atoms with Gasteiger partial charge in [-0.05, 0) is 45.4 Å². The number of ether oxygens (including phenoxy) is 1. The van der Waals surface area contributed by atoms with Crippen LogP contribution in [0.15, 0.2) is 35.5 Å². The third kappa shape index (κ3) is 4.52. The van der Waals surface area contributed by atoms with Crippen molar-refractivity contribution in [3.8, 4) is 0 Å². The van der Waals surface area contributed by atoms with Gasteiger partial charge in [-0.25, -0.2) is 9.59 Å². The number of nitrogens with one attached hydrogen (secondary N) is 2. The lowest BCUT2D eigenvalue weighted by atomic mass is 9.94. The van der Waals surface area contributed by atoms with E-state index in [1.165, 1.54) is 19.1 Å². The van der Waals surface area contributed by atoms with E-state index in [0.29, 0.717) is 11.3 Å². The summed E-state index contributed by atoms with van der Waals surface area (Å²) in [6.07, 6.45) is -4.46. The Labute approximate surface area is 143 Å². The molecule has 0 saturated heterocycles. The van der Waals surface area contributed by atoms with Crippen LogP contribution in [0.3, 0.4) is 0 Å². The zero-order valence-corrected chi connectivity index (χ0v) is 14.2. The fourth-order valence-electron chi connectivity index (χ4n) is 2.41. The molecule has 5 nitrogen and oxygen atoms in total. The Morgan fingerprint density at radius 2 is 1.68 bits per heavy atom. The number of allylic oxidation sites excluding steroid dienone is 1. The molecule has 1 aliphatic rings. The lowest BCUT2D eigenvalue weighted by Gasteiger charge is -2.30. The first kappa shape index (κ1) is 18.8. The summed E-state index contributed by atoms with van der Waals surface area (Å²) in [4.78, 5) is 24.2. The van der Waals surface area contributed by atoms with Crippen molar-refractivity contribution in [3.63, 3.8) is 0 Å². The van der Waals surface area contributed by atoms with Crippen LogP contribution >= 0.6 is 0 Å². The second kappa shape index (κ2) is 6.42. The van der Waals surface area contributed by atoms with Gasteiger partial charge in [0.05, 0.1) is 17.2 Å². The second-order valence-corrected chi connectivity index (χ2v) is 6.69. The van der Waals surface area contributed by atoms with Crippen LogP contribution in [-0.4, -0.2) is 17.6 Å². The quantitative estimate of drug-likeness (QED) is 0.795. The fourth-order valence-corrected chi connectivity index (χ4v) is 2.41. The van der Waals surface area contributed by atoms with E-state index in [1.807, 2.05) is 0 Å². The summed E-state index contributed by atoms with van der Waals surface area (Å²) in [6, 6.07) is 2.84. The fraction of sp³-hybridized carbons (Fsp3) is 0.412. The Kier molecular flexibility index (Phi) is 4.83. The van der Waals surface area contributed by atoms with Crippen LogP contribution in [0.25, 0.3) is 0 Å². The van der Waals surface area contributed by atoms with Gasteiger partial charge in [0.15, 0.2) is 0 Å². The Balaban J connectivity index is 2.40. The standard InChI is InChI=1S/C17H19F3N2O3/c1-9-12(14(23)25-16(2,3)4)13(22-15(24)21-9)10-5-7-11(8-6-10)17(18,19)20/h5-8,13H,1-4H3,(H2,21,22,24). The van der Waals surface area contributed by atoms with Crippen LogP contribution in [0.5, 0.6) is 0 Å². The van der Waals surface area contributed by atoms with Gasteiger partial charge in [-0.1, -0.05) is 12.1 Å². The number of amides is 2. The highest BCUT2D eigenvalue weighted by Gasteiger charge is 2.35. The van der Waals surface area contributed by atoms with E-state index in [1.54, 1.807) is 20.8 Å². The van der Waals surface area contributed by atoms with Crippen LogP contribution in [0.1, 0.15) is 44.9 Å². The summed E-state index contributed by atoms with van der Waals surface area (Å²) in [6.45, 7) is 6.63. The monoisotopic (exact) mass is 356 g/mol. The minimum absolute atomic E-state index is 0.147. The molecule has 2 N–H and O–H groups in total. The summed E-state index contributed by atoms with van der Waals surface area (Å²) >= 11 is 0. The molecule has 1 aliphatic heterocycles. The number of esters is 1. The number of halogens is 3. The highest BCUT2D eigenvalue weighted by Crippen LogP contribution is 2.33. The van der Waals surface area contributed by atoms with Gasteiger partial charge in [0.25, 0.3) is 0 Å². The molecule has 1 aromatic carbocycles. The van der Waals surface area contributed by atoms with E-state index < -0.39 is 35.4 Å². The molecule has 2 amide bonds. The number of hydrogen-bond donors (Lipinski definition) is 2. The van der Waals surface area contributed by atoms with Crippen LogP contribution in [0.2, 0.25) is 0 Å². The third-order valence-electron chi connectivity index (χ3n) is 3.46. The minimum Gasteiger partial charge on any atom is -0.456 e. The lowest BCUT2D eigenvalue weighted by Crippen LogP contribution is -2.46. The topological polar surface area (TPSA) is 67.4 Å². The van der Waals surface area contributed by atoms with E-state index in [2.05, 4.69) is 10.6 Å². The largest absolute Gasteiger partial charge is 0.456 e. The zero-order valence-electron chi connectivity index (χ0n) is 14.2. The summed E-state index contributed by atoms with van der Waals surface area (Å²) in [7, 11) is 0. The molecule has 8 heteroatoms. The zero-order chi connectivity index (χ0) is 19.0. The predicted octanol–water partition coefficient (Wildman–Crippen LogP) is 3.68. The van der Waals surface area contributed by atoms with E-state index in [4.69, 9.17) is 4.74 Å². The van der Waals surface area contributed by atoms with Crippen LogP contribution in [0, 0.1) is 0 Å². The maximum Gasteiger partial charge on any atom is 0.416 e. The molecule has 25 heavy (non-hydrogen) atoms. The molecule has 1 aromatic rings. The summed E-state index contributed by atoms with van der Waals surface area (Å²) in [5, 5.41) is 5.03. The lowest BCUT2D eigenvalue weighted by molar-refractivity contribution is -0.150. The summed E-state index contributed by atoms with van der Waals surface area (Å²) in [5.74, 6) is -0.651. The average Bonchev–Trinajstić information content (AvgIpc) is 2.43. The molecule has 136 valence electrons. The molecular formula is C17H19F3N2O3. The molecule has 1 unspecified atom stereocenters. The van der Waals surface area contributed by atoms with Gasteiger partial charge in [0.1, 0.15) is 5.60 Å². The second-order valence-electron chi connectivity index (χ2n) is 6.69. The van der Waals surface area contributed by atoms with Gasteiger partial charge in [-0.3, -0.25) is 0 Å². The SMILES string of the molecule is CC1=C(C(=O)OC(C)(C)C)C(c2ccc(C(F)(F)F)cc2)NC(=O)N1. The van der Waals surface area contributed by atoms with Crippen LogP contribution < -0.4 is 10.6 Å². The minimum atomic E-state index is -4.46. The Hall–Kier alpha value is -2.51. The van der Waals surface area contributed by atoms with Crippen molar-refractivity contribution in [2.75, 3.05) is 0 Å². The Morgan fingerprint density at radius 1 is 1.12 bits per heavy atom.